The molecular weight excluding hydrogens is 456 g/mol. The van der Waals surface area contributed by atoms with Gasteiger partial charge in [-0.05, 0) is 50.5 Å². The number of aromatic nitrogens is 2. The number of benzene rings is 2. The van der Waals surface area contributed by atoms with Gasteiger partial charge >= 0.3 is 0 Å². The van der Waals surface area contributed by atoms with Crippen LogP contribution in [0.15, 0.2) is 59.8 Å². The highest BCUT2D eigenvalue weighted by Gasteiger charge is 2.35. The summed E-state index contributed by atoms with van der Waals surface area (Å²) in [5.74, 6) is -0.688. The van der Waals surface area contributed by atoms with Crippen LogP contribution in [0.25, 0.3) is 33.0 Å². The Balaban J connectivity index is 1.68. The number of aromatic amines is 1. The molecule has 2 aromatic heterocycles. The third-order valence-corrected chi connectivity index (χ3v) is 7.69. The van der Waals surface area contributed by atoms with Crippen LogP contribution in [0.3, 0.4) is 0 Å². The van der Waals surface area contributed by atoms with Gasteiger partial charge in [0.15, 0.2) is 0 Å². The highest BCUT2D eigenvalue weighted by molar-refractivity contribution is 7.98. The molecule has 2 aromatic carbocycles. The van der Waals surface area contributed by atoms with Gasteiger partial charge in [0.05, 0.1) is 11.1 Å². The first-order valence-corrected chi connectivity index (χ1v) is 13.3. The van der Waals surface area contributed by atoms with Crippen molar-refractivity contribution in [2.24, 2.45) is 0 Å². The molecule has 0 aliphatic carbocycles. The normalized spacial score (nSPS) is 14.2. The summed E-state index contributed by atoms with van der Waals surface area (Å²) in [6, 6.07) is 14.1. The third kappa shape index (κ3) is 4.09. The van der Waals surface area contributed by atoms with Crippen LogP contribution in [0.5, 0.6) is 0 Å². The molecule has 4 aromatic rings. The molecule has 2 amide bonds. The minimum absolute atomic E-state index is 0.339. The van der Waals surface area contributed by atoms with Gasteiger partial charge in [0.25, 0.3) is 11.8 Å². The number of hydrogen-bond donors (Lipinski definition) is 2. The second kappa shape index (κ2) is 9.76. The summed E-state index contributed by atoms with van der Waals surface area (Å²) in [5.41, 5.74) is 4.48. The number of para-hydroxylation sites is 1. The van der Waals surface area contributed by atoms with E-state index in [1.165, 1.54) is 0 Å². The average Bonchev–Trinajstić information content (AvgIpc) is 3.54. The lowest BCUT2D eigenvalue weighted by Gasteiger charge is -2.18. The van der Waals surface area contributed by atoms with Gasteiger partial charge in [-0.25, -0.2) is 0 Å². The number of amides is 2. The van der Waals surface area contributed by atoms with Crippen molar-refractivity contribution in [2.45, 2.75) is 31.7 Å². The number of aryl methyl sites for hydroxylation is 1. The Morgan fingerprint density at radius 1 is 0.943 bits per heavy atom. The zero-order valence-corrected chi connectivity index (χ0v) is 21.2. The molecule has 35 heavy (non-hydrogen) atoms. The molecule has 3 heterocycles. The number of nitrogens with one attached hydrogen (secondary N) is 2. The van der Waals surface area contributed by atoms with Crippen molar-refractivity contribution in [3.05, 3.63) is 66.0 Å². The van der Waals surface area contributed by atoms with Crippen LogP contribution >= 0.6 is 11.8 Å². The van der Waals surface area contributed by atoms with E-state index < -0.39 is 0 Å². The van der Waals surface area contributed by atoms with Gasteiger partial charge in [-0.15, -0.1) is 11.8 Å². The van der Waals surface area contributed by atoms with Gasteiger partial charge in [0.1, 0.15) is 0 Å². The topological polar surface area (TPSA) is 70.1 Å². The molecular formula is C28H30N4O2S. The molecule has 180 valence electrons. The summed E-state index contributed by atoms with van der Waals surface area (Å²) >= 11 is 1.66. The van der Waals surface area contributed by atoms with E-state index in [4.69, 9.17) is 0 Å². The molecule has 0 saturated carbocycles. The maximum atomic E-state index is 13.2. The second-order valence-corrected chi connectivity index (χ2v) is 9.60. The van der Waals surface area contributed by atoms with Crippen molar-refractivity contribution in [1.29, 1.82) is 0 Å². The van der Waals surface area contributed by atoms with E-state index in [9.17, 15) is 9.59 Å². The Morgan fingerprint density at radius 2 is 1.69 bits per heavy atom. The van der Waals surface area contributed by atoms with Crippen molar-refractivity contribution >= 4 is 56.5 Å². The maximum Gasteiger partial charge on any atom is 0.259 e. The molecule has 2 N–H and O–H groups in total. The van der Waals surface area contributed by atoms with Crippen molar-refractivity contribution in [3.63, 3.8) is 0 Å². The quantitative estimate of drug-likeness (QED) is 0.254. The minimum atomic E-state index is -0.348. The fourth-order valence-electron chi connectivity index (χ4n) is 5.12. The van der Waals surface area contributed by atoms with Gasteiger partial charge in [-0.3, -0.25) is 14.9 Å². The van der Waals surface area contributed by atoms with E-state index in [0.29, 0.717) is 11.1 Å². The summed E-state index contributed by atoms with van der Waals surface area (Å²) in [6.07, 6.45) is 6.95. The third-order valence-electron chi connectivity index (χ3n) is 6.91. The van der Waals surface area contributed by atoms with Gasteiger partial charge in [0, 0.05) is 56.8 Å². The monoisotopic (exact) mass is 486 g/mol. The summed E-state index contributed by atoms with van der Waals surface area (Å²) < 4.78 is 2.24. The zero-order valence-electron chi connectivity index (χ0n) is 20.4. The number of thioether (sulfide) groups is 1. The molecule has 1 aliphatic rings. The molecule has 0 radical (unpaired) electrons. The van der Waals surface area contributed by atoms with Crippen molar-refractivity contribution in [2.75, 3.05) is 25.9 Å². The fraction of sp³-hybridized carbons (Fsp3) is 0.286. The Hall–Kier alpha value is -3.29. The summed E-state index contributed by atoms with van der Waals surface area (Å²) in [6.45, 7) is 8.31. The molecule has 7 heteroatoms. The van der Waals surface area contributed by atoms with Gasteiger partial charge in [-0.1, -0.05) is 38.1 Å². The zero-order chi connectivity index (χ0) is 24.5. The smallest absolute Gasteiger partial charge is 0.259 e. The first-order chi connectivity index (χ1) is 17.1. The number of rotatable bonds is 9. The number of hydrogen-bond acceptors (Lipinski definition) is 4. The molecule has 0 spiro atoms. The molecule has 0 atom stereocenters. The minimum Gasteiger partial charge on any atom is -0.361 e. The highest BCUT2D eigenvalue weighted by Crippen LogP contribution is 2.41. The average molecular weight is 487 g/mol. The highest BCUT2D eigenvalue weighted by atomic mass is 32.2. The van der Waals surface area contributed by atoms with E-state index in [-0.39, 0.29) is 11.8 Å². The van der Waals surface area contributed by atoms with E-state index in [1.54, 1.807) is 11.8 Å². The number of H-pyrrole nitrogens is 1. The van der Waals surface area contributed by atoms with Crippen LogP contribution in [-0.4, -0.2) is 52.2 Å². The lowest BCUT2D eigenvalue weighted by atomic mass is 9.95. The molecule has 0 unspecified atom stereocenters. The predicted octanol–water partition coefficient (Wildman–Crippen LogP) is 5.14. The predicted molar refractivity (Wildman–Crippen MR) is 144 cm³/mol. The molecule has 0 fully saturated rings. The Bertz CT molecular complexity index is 1460. The maximum absolute atomic E-state index is 13.2. The van der Waals surface area contributed by atoms with Crippen molar-refractivity contribution < 1.29 is 9.59 Å². The summed E-state index contributed by atoms with van der Waals surface area (Å²) in [7, 11) is 0. The van der Waals surface area contributed by atoms with Crippen LogP contribution in [-0.2, 0) is 16.1 Å². The van der Waals surface area contributed by atoms with E-state index >= 15 is 0 Å². The fourth-order valence-corrected chi connectivity index (χ4v) is 5.75. The molecule has 0 bridgehead atoms. The largest absolute Gasteiger partial charge is 0.361 e. The molecule has 1 aliphatic heterocycles. The van der Waals surface area contributed by atoms with Crippen LogP contribution in [0.2, 0.25) is 0 Å². The molecule has 0 saturated heterocycles. The Morgan fingerprint density at radius 3 is 2.43 bits per heavy atom. The number of fused-ring (bicyclic) bond motifs is 2. The second-order valence-electron chi connectivity index (χ2n) is 8.75. The lowest BCUT2D eigenvalue weighted by Crippen LogP contribution is -2.24. The Labute approximate surface area is 209 Å². The first-order valence-electron chi connectivity index (χ1n) is 12.1. The van der Waals surface area contributed by atoms with Crippen LogP contribution in [0.4, 0.5) is 0 Å². The van der Waals surface area contributed by atoms with Crippen molar-refractivity contribution in [3.8, 4) is 0 Å². The van der Waals surface area contributed by atoms with Crippen LogP contribution in [0.1, 0.15) is 31.4 Å². The molecule has 6 nitrogen and oxygen atoms in total. The first kappa shape index (κ1) is 23.5. The van der Waals surface area contributed by atoms with E-state index in [1.807, 2.05) is 36.7 Å². The number of imide groups is 1. The van der Waals surface area contributed by atoms with Crippen molar-refractivity contribution in [1.82, 2.24) is 19.8 Å². The SMILES string of the molecule is CCN(CC)CCCn1cc(C2=C(c3c[nH]c4ccccc34)C(=O)NC2=O)c2c(SC)cccc21. The lowest BCUT2D eigenvalue weighted by molar-refractivity contribution is -0.122. The standard InChI is InChI=1S/C28H30N4O2S/c1-4-31(5-2)14-9-15-32-17-20(24-22(32)12-8-13-23(24)35-3)26-25(27(33)30-28(26)34)19-16-29-21-11-7-6-10-18(19)21/h6-8,10-13,16-17,29H,4-5,9,14-15H2,1-3H3,(H,30,33,34). The molecule has 5 rings (SSSR count). The number of carbonyl (C=O) groups excluding carboxylic acids is 2. The van der Waals surface area contributed by atoms with Crippen LogP contribution in [0, 0.1) is 0 Å². The van der Waals surface area contributed by atoms with E-state index in [0.717, 1.165) is 70.4 Å². The number of nitrogens with zero attached hydrogens (tertiary/aromatic N) is 2. The van der Waals surface area contributed by atoms with Gasteiger partial charge in [-0.2, -0.15) is 0 Å². The van der Waals surface area contributed by atoms with Crippen LogP contribution < -0.4 is 5.32 Å². The Kier molecular flexibility index (Phi) is 6.54. The number of carbonyl (C=O) groups is 2. The van der Waals surface area contributed by atoms with Gasteiger partial charge < -0.3 is 14.5 Å². The summed E-state index contributed by atoms with van der Waals surface area (Å²) in [5, 5.41) is 4.52. The summed E-state index contributed by atoms with van der Waals surface area (Å²) in [4.78, 5) is 33.1. The van der Waals surface area contributed by atoms with Gasteiger partial charge in [0.2, 0.25) is 0 Å². The van der Waals surface area contributed by atoms with E-state index in [2.05, 4.69) is 58.0 Å².